The Kier molecular flexibility index (Phi) is 8.49. The Morgan fingerprint density at radius 2 is 1.33 bits per heavy atom. The highest BCUT2D eigenvalue weighted by atomic mass is 28.4. The summed E-state index contributed by atoms with van der Waals surface area (Å²) >= 11 is 0. The molecule has 0 N–H and O–H groups in total. The van der Waals surface area contributed by atoms with Crippen LogP contribution in [-0.4, -0.2) is 28.1 Å². The third kappa shape index (κ3) is 5.72. The van der Waals surface area contributed by atoms with Gasteiger partial charge in [-0.05, 0) is 34.2 Å². The molecule has 0 aliphatic heterocycles. The van der Waals surface area contributed by atoms with Crippen molar-refractivity contribution < 1.29 is 9.16 Å². The van der Waals surface area contributed by atoms with Crippen molar-refractivity contribution in [2.24, 2.45) is 5.92 Å². The summed E-state index contributed by atoms with van der Waals surface area (Å²) in [5.41, 5.74) is 0. The van der Waals surface area contributed by atoms with Crippen LogP contribution in [0.5, 0.6) is 0 Å². The van der Waals surface area contributed by atoms with E-state index in [9.17, 15) is 0 Å². The average Bonchev–Trinajstić information content (AvgIpc) is 2.77. The third-order valence-electron chi connectivity index (χ3n) is 6.27. The van der Waals surface area contributed by atoms with E-state index in [2.05, 4.69) is 93.6 Å². The third-order valence-corrected chi connectivity index (χ3v) is 11.3. The van der Waals surface area contributed by atoms with Crippen molar-refractivity contribution in [2.45, 2.75) is 57.9 Å². The van der Waals surface area contributed by atoms with E-state index < -0.39 is 8.32 Å². The summed E-state index contributed by atoms with van der Waals surface area (Å²) < 4.78 is 12.8. The molecule has 0 aromatic heterocycles. The topological polar surface area (TPSA) is 18.5 Å². The normalized spacial score (nSPS) is 16.2. The number of hydrogen-bond donors (Lipinski definition) is 0. The minimum Gasteiger partial charge on any atom is -0.404 e. The van der Waals surface area contributed by atoms with Crippen molar-refractivity contribution in [2.75, 3.05) is 19.8 Å². The van der Waals surface area contributed by atoms with Gasteiger partial charge >= 0.3 is 0 Å². The molecule has 0 unspecified atom stereocenters. The van der Waals surface area contributed by atoms with Gasteiger partial charge in [0.25, 0.3) is 8.32 Å². The second-order valence-electron chi connectivity index (χ2n) is 9.49. The molecule has 1 fully saturated rings. The minimum atomic E-state index is -2.44. The molecule has 162 valence electrons. The summed E-state index contributed by atoms with van der Waals surface area (Å²) in [6.07, 6.45) is 11.1. The van der Waals surface area contributed by atoms with Crippen LogP contribution in [0.3, 0.4) is 0 Å². The molecular weight excluding hydrogens is 384 g/mol. The van der Waals surface area contributed by atoms with E-state index in [0.717, 1.165) is 12.5 Å². The maximum absolute atomic E-state index is 6.86. The van der Waals surface area contributed by atoms with Crippen molar-refractivity contribution >= 4 is 18.7 Å². The molecule has 2 aromatic rings. The van der Waals surface area contributed by atoms with Crippen LogP contribution in [-0.2, 0) is 9.16 Å². The molecule has 30 heavy (non-hydrogen) atoms. The first kappa shape index (κ1) is 23.0. The molecule has 0 spiro atoms. The maximum atomic E-state index is 6.86. The molecule has 3 rings (SSSR count). The van der Waals surface area contributed by atoms with Crippen molar-refractivity contribution in [3.05, 3.63) is 72.8 Å². The molecule has 1 aliphatic carbocycles. The van der Waals surface area contributed by atoms with E-state index in [4.69, 9.17) is 9.16 Å². The van der Waals surface area contributed by atoms with Crippen LogP contribution < -0.4 is 10.4 Å². The molecule has 2 aromatic carbocycles. The average molecular weight is 423 g/mol. The van der Waals surface area contributed by atoms with Crippen LogP contribution >= 0.6 is 0 Å². The zero-order chi connectivity index (χ0) is 21.3. The lowest BCUT2D eigenvalue weighted by Gasteiger charge is -2.42. The number of benzene rings is 2. The van der Waals surface area contributed by atoms with Gasteiger partial charge in [-0.3, -0.25) is 0 Å². The Bertz CT molecular complexity index is 719. The molecular formula is C27H38O2Si. The van der Waals surface area contributed by atoms with Gasteiger partial charge < -0.3 is 9.16 Å². The zero-order valence-electron chi connectivity index (χ0n) is 19.0. The van der Waals surface area contributed by atoms with Crippen molar-refractivity contribution in [3.8, 4) is 0 Å². The summed E-state index contributed by atoms with van der Waals surface area (Å²) in [5, 5.41) is 2.66. The molecule has 0 heterocycles. The van der Waals surface area contributed by atoms with E-state index in [-0.39, 0.29) is 5.04 Å². The summed E-state index contributed by atoms with van der Waals surface area (Å²) in [6.45, 7) is 9.14. The van der Waals surface area contributed by atoms with Gasteiger partial charge in [0.2, 0.25) is 0 Å². The lowest BCUT2D eigenvalue weighted by molar-refractivity contribution is 0.105. The van der Waals surface area contributed by atoms with E-state index in [1.165, 1.54) is 42.5 Å². The summed E-state index contributed by atoms with van der Waals surface area (Å²) in [6, 6.07) is 21.6. The number of hydrogen-bond acceptors (Lipinski definition) is 2. The van der Waals surface area contributed by atoms with Crippen molar-refractivity contribution in [1.82, 2.24) is 0 Å². The van der Waals surface area contributed by atoms with Gasteiger partial charge in [0.05, 0.1) is 13.2 Å². The molecule has 0 saturated heterocycles. The van der Waals surface area contributed by atoms with Crippen LogP contribution in [0.4, 0.5) is 0 Å². The Morgan fingerprint density at radius 1 is 0.800 bits per heavy atom. The van der Waals surface area contributed by atoms with Gasteiger partial charge in [0.15, 0.2) is 0 Å². The van der Waals surface area contributed by atoms with Gasteiger partial charge in [0.1, 0.15) is 0 Å². The summed E-state index contributed by atoms with van der Waals surface area (Å²) in [7, 11) is -2.44. The largest absolute Gasteiger partial charge is 0.404 e. The van der Waals surface area contributed by atoms with E-state index in [0.29, 0.717) is 13.2 Å². The van der Waals surface area contributed by atoms with Crippen LogP contribution in [0, 0.1) is 5.92 Å². The fraction of sp³-hybridized carbons (Fsp3) is 0.481. The van der Waals surface area contributed by atoms with Crippen molar-refractivity contribution in [3.63, 3.8) is 0 Å². The molecule has 0 atom stereocenters. The monoisotopic (exact) mass is 422 g/mol. The van der Waals surface area contributed by atoms with Crippen LogP contribution in [0.25, 0.3) is 0 Å². The summed E-state index contributed by atoms with van der Waals surface area (Å²) in [4.78, 5) is 0. The lowest BCUT2D eigenvalue weighted by atomic mass is 9.90. The first-order valence-corrected chi connectivity index (χ1v) is 13.4. The lowest BCUT2D eigenvalue weighted by Crippen LogP contribution is -2.66. The Labute approximate surface area is 184 Å². The highest BCUT2D eigenvalue weighted by Crippen LogP contribution is 2.36. The number of rotatable bonds is 9. The minimum absolute atomic E-state index is 0.0149. The van der Waals surface area contributed by atoms with Gasteiger partial charge in [-0.1, -0.05) is 113 Å². The zero-order valence-corrected chi connectivity index (χ0v) is 20.0. The standard InChI is InChI=1S/C27H38O2Si/c1-27(2,3)30(25-17-9-5-10-18-25,26-19-11-6-12-20-26)29-22-14-13-21-28-23-24-15-7-4-8-16-24/h5-6,9-14,17-20,24H,4,7-8,15-16,21-23H2,1-3H3. The van der Waals surface area contributed by atoms with Gasteiger partial charge in [0, 0.05) is 6.61 Å². The molecule has 0 amide bonds. The molecule has 0 bridgehead atoms. The van der Waals surface area contributed by atoms with Crippen LogP contribution in [0.2, 0.25) is 5.04 Å². The van der Waals surface area contributed by atoms with Crippen LogP contribution in [0.1, 0.15) is 52.9 Å². The molecule has 3 heteroatoms. The molecule has 1 saturated carbocycles. The van der Waals surface area contributed by atoms with Crippen LogP contribution in [0.15, 0.2) is 72.8 Å². The van der Waals surface area contributed by atoms with Crippen molar-refractivity contribution in [1.29, 1.82) is 0 Å². The SMILES string of the molecule is CC(C)(C)[Si](OCC=CCOCC1CCCCC1)(c1ccccc1)c1ccccc1. The quantitative estimate of drug-likeness (QED) is 0.292. The van der Waals surface area contributed by atoms with E-state index in [1.54, 1.807) is 0 Å². The second kappa shape index (κ2) is 11.1. The smallest absolute Gasteiger partial charge is 0.261 e. The Balaban J connectivity index is 1.67. The highest BCUT2D eigenvalue weighted by molar-refractivity contribution is 6.99. The predicted molar refractivity (Wildman–Crippen MR) is 130 cm³/mol. The van der Waals surface area contributed by atoms with E-state index >= 15 is 0 Å². The Morgan fingerprint density at radius 3 is 1.87 bits per heavy atom. The fourth-order valence-electron chi connectivity index (χ4n) is 4.73. The maximum Gasteiger partial charge on any atom is 0.261 e. The fourth-order valence-corrected chi connectivity index (χ4v) is 9.23. The molecule has 2 nitrogen and oxygen atoms in total. The van der Waals surface area contributed by atoms with E-state index in [1.807, 2.05) is 0 Å². The van der Waals surface area contributed by atoms with Gasteiger partial charge in [-0.25, -0.2) is 0 Å². The molecule has 0 radical (unpaired) electrons. The Hall–Kier alpha value is -1.68. The van der Waals surface area contributed by atoms with Gasteiger partial charge in [-0.2, -0.15) is 0 Å². The highest BCUT2D eigenvalue weighted by Gasteiger charge is 2.49. The first-order chi connectivity index (χ1) is 14.5. The predicted octanol–water partition coefficient (Wildman–Crippen LogP) is 5.72. The van der Waals surface area contributed by atoms with Gasteiger partial charge in [-0.15, -0.1) is 0 Å². The number of ether oxygens (including phenoxy) is 1. The first-order valence-electron chi connectivity index (χ1n) is 11.5. The second-order valence-corrected chi connectivity index (χ2v) is 13.8. The summed E-state index contributed by atoms with van der Waals surface area (Å²) in [5.74, 6) is 0.764. The molecule has 1 aliphatic rings.